The van der Waals surface area contributed by atoms with E-state index in [2.05, 4.69) is 0 Å². The summed E-state index contributed by atoms with van der Waals surface area (Å²) in [4.78, 5) is 47.2. The van der Waals surface area contributed by atoms with Crippen molar-refractivity contribution in [1.29, 1.82) is 0 Å². The normalized spacial score (nSPS) is 29.5. The monoisotopic (exact) mass is 472 g/mol. The van der Waals surface area contributed by atoms with E-state index in [-0.39, 0.29) is 5.56 Å². The minimum Gasteiger partial charge on any atom is -0.463 e. The van der Waals surface area contributed by atoms with Gasteiger partial charge in [-0.15, -0.1) is 0 Å². The van der Waals surface area contributed by atoms with Crippen molar-refractivity contribution < 1.29 is 48.0 Å². The number of benzene rings is 1. The lowest BCUT2D eigenvalue weighted by Gasteiger charge is -2.54. The van der Waals surface area contributed by atoms with Crippen LogP contribution >= 0.6 is 11.6 Å². The van der Waals surface area contributed by atoms with Crippen LogP contribution in [0.3, 0.4) is 0 Å². The number of halogens is 1. The van der Waals surface area contributed by atoms with E-state index in [9.17, 15) is 24.3 Å². The van der Waals surface area contributed by atoms with Crippen LogP contribution in [0, 0.1) is 0 Å². The first kappa shape index (κ1) is 25.6. The van der Waals surface area contributed by atoms with Gasteiger partial charge in [-0.1, -0.05) is 23.7 Å². The molecule has 1 N–H and O–H groups in total. The van der Waals surface area contributed by atoms with Crippen LogP contribution in [0.25, 0.3) is 0 Å². The van der Waals surface area contributed by atoms with E-state index in [0.717, 1.165) is 27.7 Å². The molecule has 1 aromatic carbocycles. The highest BCUT2D eigenvalue weighted by Crippen LogP contribution is 2.48. The van der Waals surface area contributed by atoms with Crippen LogP contribution in [-0.4, -0.2) is 59.5 Å². The number of hydrogen-bond acceptors (Lipinski definition) is 10. The fourth-order valence-corrected chi connectivity index (χ4v) is 3.70. The first-order valence-corrected chi connectivity index (χ1v) is 10.0. The van der Waals surface area contributed by atoms with Crippen molar-refractivity contribution in [3.63, 3.8) is 0 Å². The Balaban J connectivity index is 2.72. The molecule has 5 atom stereocenters. The van der Waals surface area contributed by atoms with Crippen LogP contribution in [-0.2, 0) is 48.6 Å². The molecule has 1 aromatic rings. The molecule has 0 amide bonds. The van der Waals surface area contributed by atoms with Crippen molar-refractivity contribution >= 4 is 35.5 Å². The summed E-state index contributed by atoms with van der Waals surface area (Å²) in [6.07, 6.45) is -4.23. The van der Waals surface area contributed by atoms with Crippen LogP contribution in [0.15, 0.2) is 24.3 Å². The smallest absolute Gasteiger partial charge is 0.303 e. The summed E-state index contributed by atoms with van der Waals surface area (Å²) < 4.78 is 27.1. The molecule has 0 radical (unpaired) electrons. The maximum Gasteiger partial charge on any atom is 0.303 e. The predicted molar refractivity (Wildman–Crippen MR) is 108 cm³/mol. The quantitative estimate of drug-likeness (QED) is 0.480. The van der Waals surface area contributed by atoms with Gasteiger partial charge >= 0.3 is 23.9 Å². The Morgan fingerprint density at radius 3 is 2.00 bits per heavy atom. The number of carbonyl (C=O) groups is 4. The van der Waals surface area contributed by atoms with Gasteiger partial charge < -0.3 is 28.8 Å². The lowest BCUT2D eigenvalue weighted by Crippen LogP contribution is -2.73. The molecule has 1 saturated heterocycles. The Morgan fingerprint density at radius 2 is 1.53 bits per heavy atom. The van der Waals surface area contributed by atoms with E-state index in [4.69, 9.17) is 35.3 Å². The molecule has 0 spiro atoms. The Hall–Kier alpha value is -2.69. The third-order valence-corrected chi connectivity index (χ3v) is 5.09. The van der Waals surface area contributed by atoms with Crippen LogP contribution in [0.5, 0.6) is 0 Å². The highest BCUT2D eigenvalue weighted by molar-refractivity contribution is 6.30. The molecular formula is C21H25ClO10. The van der Waals surface area contributed by atoms with Crippen LogP contribution in [0.2, 0.25) is 5.02 Å². The van der Waals surface area contributed by atoms with E-state index in [1.165, 1.54) is 31.2 Å². The van der Waals surface area contributed by atoms with Gasteiger partial charge in [0.05, 0.1) is 0 Å². The van der Waals surface area contributed by atoms with Gasteiger partial charge in [-0.05, 0) is 19.1 Å². The lowest BCUT2D eigenvalue weighted by molar-refractivity contribution is -0.393. The molecule has 32 heavy (non-hydrogen) atoms. The molecule has 11 heteroatoms. The zero-order valence-corrected chi connectivity index (χ0v) is 19.0. The van der Waals surface area contributed by atoms with Crippen molar-refractivity contribution in [3.8, 4) is 0 Å². The Bertz CT molecular complexity index is 885. The zero-order valence-electron chi connectivity index (χ0n) is 18.2. The molecule has 0 unspecified atom stereocenters. The van der Waals surface area contributed by atoms with E-state index in [1.807, 2.05) is 0 Å². The van der Waals surface area contributed by atoms with Crippen molar-refractivity contribution in [2.75, 3.05) is 6.61 Å². The zero-order chi connectivity index (χ0) is 24.3. The van der Waals surface area contributed by atoms with Gasteiger partial charge in [0.1, 0.15) is 12.7 Å². The molecule has 0 aliphatic carbocycles. The Morgan fingerprint density at radius 1 is 0.969 bits per heavy atom. The van der Waals surface area contributed by atoms with Crippen molar-refractivity contribution in [2.45, 2.75) is 64.3 Å². The molecule has 0 aromatic heterocycles. The van der Waals surface area contributed by atoms with E-state index in [1.54, 1.807) is 0 Å². The summed E-state index contributed by atoms with van der Waals surface area (Å²) in [5, 5.41) is 12.1. The second-order valence-corrected chi connectivity index (χ2v) is 7.85. The Kier molecular flexibility index (Phi) is 7.87. The molecule has 2 rings (SSSR count). The highest BCUT2D eigenvalue weighted by Gasteiger charge is 2.68. The predicted octanol–water partition coefficient (Wildman–Crippen LogP) is 1.63. The third kappa shape index (κ3) is 5.37. The van der Waals surface area contributed by atoms with Crippen molar-refractivity contribution in [2.24, 2.45) is 0 Å². The topological polar surface area (TPSA) is 135 Å². The number of aliphatic hydroxyl groups is 1. The SMILES string of the molecule is CC(=O)OC[C@H]1O[C@@](O)(c2ccc(Cl)cc2)[C@](C)(OC(C)=O)[C@@H](OC(C)=O)[C@@H]1OC(C)=O. The van der Waals surface area contributed by atoms with Crippen LogP contribution in [0.4, 0.5) is 0 Å². The van der Waals surface area contributed by atoms with Gasteiger partial charge in [0.2, 0.25) is 11.4 Å². The van der Waals surface area contributed by atoms with Gasteiger partial charge in [-0.2, -0.15) is 0 Å². The number of esters is 4. The third-order valence-electron chi connectivity index (χ3n) is 4.84. The van der Waals surface area contributed by atoms with E-state index in [0.29, 0.717) is 5.02 Å². The summed E-state index contributed by atoms with van der Waals surface area (Å²) in [6, 6.07) is 5.77. The van der Waals surface area contributed by atoms with Gasteiger partial charge in [-0.3, -0.25) is 19.2 Å². The second kappa shape index (κ2) is 9.85. The average Bonchev–Trinajstić information content (AvgIpc) is 2.66. The molecule has 176 valence electrons. The fraction of sp³-hybridized carbons (Fsp3) is 0.524. The summed E-state index contributed by atoms with van der Waals surface area (Å²) in [5.74, 6) is -5.50. The molecule has 10 nitrogen and oxygen atoms in total. The van der Waals surface area contributed by atoms with Gasteiger partial charge in [0.25, 0.3) is 0 Å². The Labute approximate surface area is 189 Å². The first-order chi connectivity index (χ1) is 14.8. The number of carbonyl (C=O) groups excluding carboxylic acids is 4. The van der Waals surface area contributed by atoms with Crippen LogP contribution < -0.4 is 0 Å². The molecule has 0 bridgehead atoms. The van der Waals surface area contributed by atoms with Gasteiger partial charge in [0.15, 0.2) is 12.2 Å². The number of ether oxygens (including phenoxy) is 5. The first-order valence-electron chi connectivity index (χ1n) is 9.63. The highest BCUT2D eigenvalue weighted by atomic mass is 35.5. The molecule has 1 aliphatic rings. The minimum absolute atomic E-state index is 0.0944. The van der Waals surface area contributed by atoms with E-state index >= 15 is 0 Å². The van der Waals surface area contributed by atoms with Crippen molar-refractivity contribution in [1.82, 2.24) is 0 Å². The van der Waals surface area contributed by atoms with Crippen molar-refractivity contribution in [3.05, 3.63) is 34.9 Å². The van der Waals surface area contributed by atoms with Gasteiger partial charge in [-0.25, -0.2) is 0 Å². The summed E-state index contributed by atoms with van der Waals surface area (Å²) in [6.45, 7) is 5.26. The van der Waals surface area contributed by atoms with E-state index < -0.39 is 60.2 Å². The summed E-state index contributed by atoms with van der Waals surface area (Å²) >= 11 is 5.95. The molecule has 0 saturated carbocycles. The molecule has 1 fully saturated rings. The van der Waals surface area contributed by atoms with Gasteiger partial charge in [0, 0.05) is 38.3 Å². The molecular weight excluding hydrogens is 448 g/mol. The van der Waals surface area contributed by atoms with Crippen LogP contribution in [0.1, 0.15) is 40.2 Å². The maximum absolute atomic E-state index is 12.0. The largest absolute Gasteiger partial charge is 0.463 e. The summed E-state index contributed by atoms with van der Waals surface area (Å²) in [7, 11) is 0. The second-order valence-electron chi connectivity index (χ2n) is 7.41. The fourth-order valence-electron chi connectivity index (χ4n) is 3.58. The molecule has 1 heterocycles. The average molecular weight is 473 g/mol. The summed E-state index contributed by atoms with van der Waals surface area (Å²) in [5.41, 5.74) is -2.00. The lowest BCUT2D eigenvalue weighted by atomic mass is 9.77. The maximum atomic E-state index is 12.0. The number of hydrogen-bond donors (Lipinski definition) is 1. The standard InChI is InChI=1S/C21H25ClO10/c1-11(23)28-10-17-18(29-12(2)24)19(30-13(3)25)20(5,31-14(4)26)21(27,32-17)15-6-8-16(22)9-7-15/h6-9,17-19,27H,10H2,1-5H3/t17-,18-,19+,20-,21+/m1/s1. The molecule has 1 aliphatic heterocycles. The minimum atomic E-state index is -2.43. The number of rotatable bonds is 6.